The SMILES string of the molecule is Cl.NCC1CCC(Nc2cc(-n3ncoc3=O)ccc2C(F)(F)F)CC1. The van der Waals surface area contributed by atoms with Crippen LogP contribution in [0.5, 0.6) is 0 Å². The lowest BCUT2D eigenvalue weighted by Crippen LogP contribution is -2.30. The van der Waals surface area contributed by atoms with Gasteiger partial charge >= 0.3 is 11.9 Å². The van der Waals surface area contributed by atoms with E-state index in [0.29, 0.717) is 12.5 Å². The highest BCUT2D eigenvalue weighted by Crippen LogP contribution is 2.37. The van der Waals surface area contributed by atoms with E-state index in [1.54, 1.807) is 0 Å². The van der Waals surface area contributed by atoms with Crippen molar-refractivity contribution in [3.63, 3.8) is 0 Å². The Hall–Kier alpha value is -2.00. The van der Waals surface area contributed by atoms with Gasteiger partial charge in [0.15, 0.2) is 0 Å². The predicted octanol–water partition coefficient (Wildman–Crippen LogP) is 3.20. The molecule has 3 N–H and O–H groups in total. The molecule has 1 heterocycles. The van der Waals surface area contributed by atoms with E-state index >= 15 is 0 Å². The Morgan fingerprint density at radius 1 is 1.27 bits per heavy atom. The molecule has 1 fully saturated rings. The summed E-state index contributed by atoms with van der Waals surface area (Å²) in [5.41, 5.74) is 5.04. The fourth-order valence-corrected chi connectivity index (χ4v) is 3.18. The Labute approximate surface area is 154 Å². The molecule has 1 aliphatic rings. The number of halogens is 4. The number of alkyl halides is 3. The van der Waals surface area contributed by atoms with Gasteiger partial charge in [0.1, 0.15) is 0 Å². The monoisotopic (exact) mass is 392 g/mol. The highest BCUT2D eigenvalue weighted by atomic mass is 35.5. The molecule has 0 amide bonds. The van der Waals surface area contributed by atoms with Crippen LogP contribution in [0.25, 0.3) is 5.69 Å². The van der Waals surface area contributed by atoms with Crippen LogP contribution in [0.15, 0.2) is 33.8 Å². The van der Waals surface area contributed by atoms with Crippen molar-refractivity contribution >= 4 is 18.1 Å². The summed E-state index contributed by atoms with van der Waals surface area (Å²) in [5, 5.41) is 6.69. The second-order valence-electron chi connectivity index (χ2n) is 6.24. The van der Waals surface area contributed by atoms with Crippen LogP contribution in [0.4, 0.5) is 18.9 Å². The summed E-state index contributed by atoms with van der Waals surface area (Å²) >= 11 is 0. The maximum atomic E-state index is 13.3. The quantitative estimate of drug-likeness (QED) is 0.834. The third-order valence-electron chi connectivity index (χ3n) is 4.58. The molecular formula is C16H20ClF3N4O2. The average molecular weight is 393 g/mol. The molecule has 1 aromatic heterocycles. The number of benzene rings is 1. The molecule has 0 atom stereocenters. The van der Waals surface area contributed by atoms with Gasteiger partial charge < -0.3 is 15.5 Å². The molecule has 0 radical (unpaired) electrons. The molecule has 6 nitrogen and oxygen atoms in total. The molecule has 0 bridgehead atoms. The highest BCUT2D eigenvalue weighted by molar-refractivity contribution is 5.85. The zero-order chi connectivity index (χ0) is 18.0. The lowest BCUT2D eigenvalue weighted by atomic mass is 9.86. The number of anilines is 1. The summed E-state index contributed by atoms with van der Waals surface area (Å²) in [6.07, 6.45) is -0.262. The Morgan fingerprint density at radius 2 is 1.96 bits per heavy atom. The molecule has 1 aliphatic carbocycles. The van der Waals surface area contributed by atoms with Crippen molar-refractivity contribution in [1.82, 2.24) is 9.78 Å². The highest BCUT2D eigenvalue weighted by Gasteiger charge is 2.34. The first-order valence-electron chi connectivity index (χ1n) is 8.09. The topological polar surface area (TPSA) is 86.1 Å². The number of rotatable bonds is 4. The molecule has 0 spiro atoms. The molecule has 0 unspecified atom stereocenters. The summed E-state index contributed by atoms with van der Waals surface area (Å²) in [4.78, 5) is 11.6. The van der Waals surface area contributed by atoms with Crippen molar-refractivity contribution in [3.05, 3.63) is 40.7 Å². The molecule has 144 valence electrons. The van der Waals surface area contributed by atoms with Crippen molar-refractivity contribution in [3.8, 4) is 5.69 Å². The molecule has 0 saturated heterocycles. The van der Waals surface area contributed by atoms with E-state index in [0.717, 1.165) is 42.8 Å². The maximum Gasteiger partial charge on any atom is 0.441 e. The normalized spacial score (nSPS) is 20.5. The van der Waals surface area contributed by atoms with Crippen molar-refractivity contribution in [1.29, 1.82) is 0 Å². The lowest BCUT2D eigenvalue weighted by molar-refractivity contribution is -0.137. The minimum Gasteiger partial charge on any atom is -0.395 e. The van der Waals surface area contributed by atoms with Crippen molar-refractivity contribution in [2.75, 3.05) is 11.9 Å². The summed E-state index contributed by atoms with van der Waals surface area (Å²) in [6.45, 7) is 0.602. The number of hydrogen-bond donors (Lipinski definition) is 2. The Bertz CT molecular complexity index is 782. The van der Waals surface area contributed by atoms with Gasteiger partial charge in [0, 0.05) is 11.7 Å². The molecule has 0 aliphatic heterocycles. The first-order chi connectivity index (χ1) is 11.9. The van der Waals surface area contributed by atoms with E-state index in [1.807, 2.05) is 0 Å². The van der Waals surface area contributed by atoms with Gasteiger partial charge in [-0.2, -0.15) is 17.9 Å². The number of nitrogens with zero attached hydrogens (tertiary/aromatic N) is 2. The van der Waals surface area contributed by atoms with Gasteiger partial charge in [-0.1, -0.05) is 0 Å². The van der Waals surface area contributed by atoms with Crippen molar-refractivity contribution in [2.24, 2.45) is 11.7 Å². The zero-order valence-corrected chi connectivity index (χ0v) is 14.6. The summed E-state index contributed by atoms with van der Waals surface area (Å²) in [6, 6.07) is 3.36. The third-order valence-corrected chi connectivity index (χ3v) is 4.58. The van der Waals surface area contributed by atoms with E-state index in [1.165, 1.54) is 12.1 Å². The van der Waals surface area contributed by atoms with Gasteiger partial charge in [-0.25, -0.2) is 4.79 Å². The number of nitrogens with one attached hydrogen (secondary N) is 1. The van der Waals surface area contributed by atoms with E-state index < -0.39 is 17.5 Å². The van der Waals surface area contributed by atoms with Crippen LogP contribution in [-0.4, -0.2) is 22.4 Å². The molecule has 10 heteroatoms. The third kappa shape index (κ3) is 4.39. The second kappa shape index (κ2) is 8.13. The van der Waals surface area contributed by atoms with Gasteiger partial charge in [-0.15, -0.1) is 17.5 Å². The van der Waals surface area contributed by atoms with Crippen LogP contribution >= 0.6 is 12.4 Å². The van der Waals surface area contributed by atoms with Crippen molar-refractivity contribution in [2.45, 2.75) is 37.9 Å². The van der Waals surface area contributed by atoms with Crippen LogP contribution in [-0.2, 0) is 6.18 Å². The van der Waals surface area contributed by atoms with E-state index in [2.05, 4.69) is 14.8 Å². The van der Waals surface area contributed by atoms with Crippen LogP contribution < -0.4 is 16.8 Å². The van der Waals surface area contributed by atoms with Gasteiger partial charge in [-0.05, 0) is 56.3 Å². The molecule has 26 heavy (non-hydrogen) atoms. The molecule has 3 rings (SSSR count). The number of hydrogen-bond acceptors (Lipinski definition) is 5. The Balaban J connectivity index is 0.00000243. The van der Waals surface area contributed by atoms with Crippen LogP contribution in [0.1, 0.15) is 31.2 Å². The van der Waals surface area contributed by atoms with Gasteiger partial charge in [0.05, 0.1) is 11.3 Å². The van der Waals surface area contributed by atoms with Crippen LogP contribution in [0, 0.1) is 5.92 Å². The Kier molecular flexibility index (Phi) is 6.35. The van der Waals surface area contributed by atoms with Gasteiger partial charge in [-0.3, -0.25) is 0 Å². The van der Waals surface area contributed by atoms with E-state index in [-0.39, 0.29) is 29.8 Å². The first-order valence-corrected chi connectivity index (χ1v) is 8.09. The molecular weight excluding hydrogens is 373 g/mol. The fraction of sp³-hybridized carbons (Fsp3) is 0.500. The Morgan fingerprint density at radius 3 is 2.50 bits per heavy atom. The van der Waals surface area contributed by atoms with E-state index in [9.17, 15) is 18.0 Å². The molecule has 1 aromatic carbocycles. The van der Waals surface area contributed by atoms with Crippen LogP contribution in [0.3, 0.4) is 0 Å². The number of nitrogens with two attached hydrogens (primary N) is 1. The minimum absolute atomic E-state index is 0. The largest absolute Gasteiger partial charge is 0.441 e. The summed E-state index contributed by atoms with van der Waals surface area (Å²) in [7, 11) is 0. The van der Waals surface area contributed by atoms with Crippen molar-refractivity contribution < 1.29 is 17.6 Å². The van der Waals surface area contributed by atoms with E-state index in [4.69, 9.17) is 5.73 Å². The fourth-order valence-electron chi connectivity index (χ4n) is 3.18. The summed E-state index contributed by atoms with van der Waals surface area (Å²) < 4.78 is 45.4. The van der Waals surface area contributed by atoms with Gasteiger partial charge in [0.25, 0.3) is 0 Å². The first kappa shape index (κ1) is 20.3. The van der Waals surface area contributed by atoms with Crippen LogP contribution in [0.2, 0.25) is 0 Å². The summed E-state index contributed by atoms with van der Waals surface area (Å²) in [5.74, 6) is -0.325. The standard InChI is InChI=1S/C16H19F3N4O2.ClH/c17-16(18,19)13-6-5-12(23-15(24)25-9-21-23)7-14(13)22-11-3-1-10(8-20)2-4-11;/h5-7,9-11,22H,1-4,8,20H2;1H. The predicted molar refractivity (Wildman–Crippen MR) is 92.8 cm³/mol. The lowest BCUT2D eigenvalue weighted by Gasteiger charge is -2.30. The minimum atomic E-state index is -4.50. The smallest absolute Gasteiger partial charge is 0.395 e. The second-order valence-corrected chi connectivity index (χ2v) is 6.24. The van der Waals surface area contributed by atoms with Gasteiger partial charge in [0.2, 0.25) is 6.39 Å². The zero-order valence-electron chi connectivity index (χ0n) is 13.8. The number of aromatic nitrogens is 2. The molecule has 2 aromatic rings. The maximum absolute atomic E-state index is 13.3. The molecule has 1 saturated carbocycles. The average Bonchev–Trinajstić information content (AvgIpc) is 3.00.